The van der Waals surface area contributed by atoms with Crippen LogP contribution >= 0.6 is 11.3 Å². The predicted molar refractivity (Wildman–Crippen MR) is 111 cm³/mol. The van der Waals surface area contributed by atoms with E-state index in [4.69, 9.17) is 0 Å². The van der Waals surface area contributed by atoms with Crippen LogP contribution in [0, 0.1) is 0 Å². The number of hydrogen-bond acceptors (Lipinski definition) is 3. The van der Waals surface area contributed by atoms with Gasteiger partial charge in [0.25, 0.3) is 5.91 Å². The Labute approximate surface area is 163 Å². The quantitative estimate of drug-likeness (QED) is 0.573. The lowest BCUT2D eigenvalue weighted by atomic mass is 10.0. The van der Waals surface area contributed by atoms with Crippen molar-refractivity contribution in [2.75, 3.05) is 0 Å². The molecule has 0 saturated carbocycles. The second kappa shape index (κ2) is 8.01. The number of ketones is 1. The highest BCUT2D eigenvalue weighted by molar-refractivity contribution is 7.16. The van der Waals surface area contributed by atoms with Gasteiger partial charge in [-0.3, -0.25) is 9.59 Å². The van der Waals surface area contributed by atoms with Gasteiger partial charge in [-0.05, 0) is 49.1 Å². The van der Waals surface area contributed by atoms with Gasteiger partial charge < -0.3 is 4.57 Å². The molecular weight excluding hydrogens is 356 g/mol. The molecule has 0 aliphatic heterocycles. The summed E-state index contributed by atoms with van der Waals surface area (Å²) < 4.78 is 3.26. The Morgan fingerprint density at radius 1 is 1.07 bits per heavy atom. The highest BCUT2D eigenvalue weighted by Crippen LogP contribution is 2.24. The number of carbonyl (C=O) groups excluding carboxylic acids is 2. The number of Topliss-reactive ketones (excluding diaryl/α,β-unsaturated/α-hetero) is 1. The monoisotopic (exact) mass is 380 g/mol. The number of aromatic nitrogens is 1. The van der Waals surface area contributed by atoms with Crippen LogP contribution in [0.2, 0.25) is 0 Å². The third-order valence-electron chi connectivity index (χ3n) is 4.56. The molecule has 0 aliphatic carbocycles. The molecule has 2 aromatic carbocycles. The zero-order valence-electron chi connectivity index (χ0n) is 16.2. The number of carbonyl (C=O) groups is 2. The Bertz CT molecular complexity index is 1060. The van der Waals surface area contributed by atoms with E-state index in [-0.39, 0.29) is 11.7 Å². The van der Waals surface area contributed by atoms with E-state index in [0.29, 0.717) is 21.8 Å². The highest BCUT2D eigenvalue weighted by atomic mass is 32.1. The molecule has 0 spiro atoms. The molecular formula is C22H24N2O2S. The molecule has 0 aliphatic rings. The Balaban J connectivity index is 2.06. The predicted octanol–water partition coefficient (Wildman–Crippen LogP) is 5.18. The van der Waals surface area contributed by atoms with Gasteiger partial charge in [0, 0.05) is 17.7 Å². The molecule has 27 heavy (non-hydrogen) atoms. The average Bonchev–Trinajstić information content (AvgIpc) is 2.98. The van der Waals surface area contributed by atoms with Crippen molar-refractivity contribution in [2.24, 2.45) is 4.99 Å². The highest BCUT2D eigenvalue weighted by Gasteiger charge is 2.11. The second-order valence-electron chi connectivity index (χ2n) is 6.97. The molecule has 1 aromatic heterocycles. The topological polar surface area (TPSA) is 51.4 Å². The van der Waals surface area contributed by atoms with Crippen LogP contribution in [0.15, 0.2) is 47.5 Å². The number of nitrogens with zero attached hydrogens (tertiary/aromatic N) is 2. The summed E-state index contributed by atoms with van der Waals surface area (Å²) in [5.74, 6) is 0.153. The minimum Gasteiger partial charge on any atom is -0.316 e. The van der Waals surface area contributed by atoms with Crippen molar-refractivity contribution in [1.29, 1.82) is 0 Å². The van der Waals surface area contributed by atoms with Gasteiger partial charge >= 0.3 is 0 Å². The number of hydrogen-bond donors (Lipinski definition) is 0. The summed E-state index contributed by atoms with van der Waals surface area (Å²) in [4.78, 5) is 29.2. The number of rotatable bonds is 5. The molecule has 5 heteroatoms. The first-order chi connectivity index (χ1) is 12.9. The van der Waals surface area contributed by atoms with Crippen LogP contribution in [0.4, 0.5) is 0 Å². The number of aryl methyl sites for hydroxylation is 1. The number of amides is 1. The number of fused-ring (bicyclic) bond motifs is 1. The van der Waals surface area contributed by atoms with Crippen molar-refractivity contribution in [3.63, 3.8) is 0 Å². The summed E-state index contributed by atoms with van der Waals surface area (Å²) in [7, 11) is 0. The summed E-state index contributed by atoms with van der Waals surface area (Å²) in [6, 6.07) is 13.1. The van der Waals surface area contributed by atoms with Gasteiger partial charge in [0.1, 0.15) is 0 Å². The number of benzene rings is 2. The van der Waals surface area contributed by atoms with E-state index in [9.17, 15) is 9.59 Å². The molecule has 1 heterocycles. The molecule has 4 nitrogen and oxygen atoms in total. The van der Waals surface area contributed by atoms with Crippen LogP contribution in [0.1, 0.15) is 66.3 Å². The zero-order valence-corrected chi connectivity index (χ0v) is 17.0. The molecule has 0 atom stereocenters. The number of thiazole rings is 1. The normalized spacial score (nSPS) is 12.1. The zero-order chi connectivity index (χ0) is 19.6. The molecule has 0 N–H and O–H groups in total. The van der Waals surface area contributed by atoms with Gasteiger partial charge in [0.2, 0.25) is 0 Å². The van der Waals surface area contributed by atoms with Crippen molar-refractivity contribution in [3.05, 3.63) is 64.0 Å². The van der Waals surface area contributed by atoms with Gasteiger partial charge in [-0.15, -0.1) is 0 Å². The Morgan fingerprint density at radius 2 is 1.74 bits per heavy atom. The van der Waals surface area contributed by atoms with Gasteiger partial charge in [0.05, 0.1) is 10.2 Å². The summed E-state index contributed by atoms with van der Waals surface area (Å²) in [6.07, 6.45) is 0.965. The van der Waals surface area contributed by atoms with E-state index >= 15 is 0 Å². The Hall–Kier alpha value is -2.53. The summed E-state index contributed by atoms with van der Waals surface area (Å²) in [5, 5.41) is 0. The Morgan fingerprint density at radius 3 is 2.33 bits per heavy atom. The Kier molecular flexibility index (Phi) is 5.71. The summed E-state index contributed by atoms with van der Waals surface area (Å²) in [5.41, 5.74) is 3.48. The first kappa shape index (κ1) is 19.2. The lowest BCUT2D eigenvalue weighted by molar-refractivity contribution is 0.0991. The van der Waals surface area contributed by atoms with Gasteiger partial charge in [-0.2, -0.15) is 4.99 Å². The maximum Gasteiger partial charge on any atom is 0.279 e. The lowest BCUT2D eigenvalue weighted by Gasteiger charge is -2.06. The van der Waals surface area contributed by atoms with Crippen LogP contribution in [0.25, 0.3) is 10.2 Å². The van der Waals surface area contributed by atoms with E-state index in [2.05, 4.69) is 48.5 Å². The van der Waals surface area contributed by atoms with E-state index < -0.39 is 0 Å². The maximum absolute atomic E-state index is 12.6. The minimum atomic E-state index is -0.286. The minimum absolute atomic E-state index is 0.0165. The van der Waals surface area contributed by atoms with Crippen molar-refractivity contribution < 1.29 is 9.59 Å². The standard InChI is InChI=1S/C22H24N2O2S/c1-5-12-24-19-11-10-18(14(2)3)13-20(19)27-22(24)23-21(26)17-8-6-16(7-9-17)15(4)25/h6-11,13-14H,5,12H2,1-4H3. The lowest BCUT2D eigenvalue weighted by Crippen LogP contribution is -2.16. The fourth-order valence-electron chi connectivity index (χ4n) is 2.97. The molecule has 0 bridgehead atoms. The van der Waals surface area contributed by atoms with Crippen LogP contribution < -0.4 is 4.80 Å². The van der Waals surface area contributed by atoms with Crippen LogP contribution in [-0.4, -0.2) is 16.3 Å². The average molecular weight is 381 g/mol. The van der Waals surface area contributed by atoms with Crippen molar-refractivity contribution >= 4 is 33.2 Å². The van der Waals surface area contributed by atoms with Crippen molar-refractivity contribution in [2.45, 2.75) is 46.6 Å². The molecule has 0 fully saturated rings. The molecule has 1 amide bonds. The molecule has 0 saturated heterocycles. The maximum atomic E-state index is 12.6. The van der Waals surface area contributed by atoms with Gasteiger partial charge in [-0.1, -0.05) is 50.3 Å². The van der Waals surface area contributed by atoms with Gasteiger partial charge in [0.15, 0.2) is 10.6 Å². The van der Waals surface area contributed by atoms with E-state index in [0.717, 1.165) is 23.2 Å². The van der Waals surface area contributed by atoms with Crippen LogP contribution in [-0.2, 0) is 6.54 Å². The summed E-state index contributed by atoms with van der Waals surface area (Å²) in [6.45, 7) is 8.79. The largest absolute Gasteiger partial charge is 0.316 e. The first-order valence-corrected chi connectivity index (χ1v) is 10.1. The SMILES string of the molecule is CCCn1c(=NC(=O)c2ccc(C(C)=O)cc2)sc2cc(C(C)C)ccc21. The van der Waals surface area contributed by atoms with Crippen molar-refractivity contribution in [1.82, 2.24) is 4.57 Å². The third kappa shape index (κ3) is 4.08. The molecule has 140 valence electrons. The fourth-order valence-corrected chi connectivity index (χ4v) is 4.08. The summed E-state index contributed by atoms with van der Waals surface area (Å²) >= 11 is 1.55. The van der Waals surface area contributed by atoms with Crippen molar-refractivity contribution in [3.8, 4) is 0 Å². The van der Waals surface area contributed by atoms with Crippen LogP contribution in [0.5, 0.6) is 0 Å². The smallest absolute Gasteiger partial charge is 0.279 e. The molecule has 3 rings (SSSR count). The van der Waals surface area contributed by atoms with Gasteiger partial charge in [-0.25, -0.2) is 0 Å². The van der Waals surface area contributed by atoms with Crippen LogP contribution in [0.3, 0.4) is 0 Å². The second-order valence-corrected chi connectivity index (χ2v) is 7.98. The van der Waals surface area contributed by atoms with E-state index in [1.165, 1.54) is 12.5 Å². The van der Waals surface area contributed by atoms with E-state index in [1.807, 2.05) is 0 Å². The molecule has 0 radical (unpaired) electrons. The fraction of sp³-hybridized carbons (Fsp3) is 0.318. The van der Waals surface area contributed by atoms with E-state index in [1.54, 1.807) is 35.6 Å². The molecule has 0 unspecified atom stereocenters. The third-order valence-corrected chi connectivity index (χ3v) is 5.60. The first-order valence-electron chi connectivity index (χ1n) is 9.24. The molecule has 3 aromatic rings.